The Morgan fingerprint density at radius 3 is 3.00 bits per heavy atom. The lowest BCUT2D eigenvalue weighted by Gasteiger charge is -2.18. The number of anilines is 1. The minimum absolute atomic E-state index is 0.0936. The van der Waals surface area contributed by atoms with Crippen LogP contribution in [0.25, 0.3) is 22.4 Å². The number of rotatable bonds is 5. The highest BCUT2D eigenvalue weighted by molar-refractivity contribution is 5.83. The van der Waals surface area contributed by atoms with Crippen LogP contribution in [0.4, 0.5) is 5.95 Å². The summed E-state index contributed by atoms with van der Waals surface area (Å²) >= 11 is 0. The predicted molar refractivity (Wildman–Crippen MR) is 100 cm³/mol. The standard InChI is InChI=1S/C18H22N6O3/c1-3-26-10-23-6-5-20-15(23)14-8-13-11(2)21-18(19)22-16(13)24(17(14)25)12-4-7-27-9-12/h5-6,8,12H,3-4,7,9-10H2,1-2H3,(H2,19,21,22)/t12-/m1/s1. The molecule has 1 aliphatic heterocycles. The average molecular weight is 370 g/mol. The van der Waals surface area contributed by atoms with E-state index in [0.717, 1.165) is 11.8 Å². The number of aryl methyl sites for hydroxylation is 1. The topological polar surface area (TPSA) is 110 Å². The maximum Gasteiger partial charge on any atom is 0.263 e. The van der Waals surface area contributed by atoms with E-state index < -0.39 is 0 Å². The molecule has 0 amide bonds. The van der Waals surface area contributed by atoms with Crippen LogP contribution in [0, 0.1) is 6.92 Å². The second-order valence-electron chi connectivity index (χ2n) is 6.50. The molecule has 1 aliphatic rings. The van der Waals surface area contributed by atoms with Crippen molar-refractivity contribution < 1.29 is 9.47 Å². The van der Waals surface area contributed by atoms with Crippen molar-refractivity contribution in [3.05, 3.63) is 34.5 Å². The molecule has 27 heavy (non-hydrogen) atoms. The van der Waals surface area contributed by atoms with Crippen molar-refractivity contribution in [1.29, 1.82) is 0 Å². The van der Waals surface area contributed by atoms with Gasteiger partial charge in [-0.2, -0.15) is 4.98 Å². The van der Waals surface area contributed by atoms with Crippen LogP contribution in [-0.4, -0.2) is 43.9 Å². The summed E-state index contributed by atoms with van der Waals surface area (Å²) in [6.45, 7) is 5.76. The molecule has 2 N–H and O–H groups in total. The van der Waals surface area contributed by atoms with Gasteiger partial charge in [0.25, 0.3) is 5.56 Å². The lowest BCUT2D eigenvalue weighted by Crippen LogP contribution is -2.28. The van der Waals surface area contributed by atoms with Gasteiger partial charge in [0.15, 0.2) is 0 Å². The van der Waals surface area contributed by atoms with E-state index in [1.165, 1.54) is 0 Å². The Hall–Kier alpha value is -2.78. The Labute approximate surface area is 155 Å². The zero-order valence-electron chi connectivity index (χ0n) is 15.4. The van der Waals surface area contributed by atoms with Gasteiger partial charge in [-0.3, -0.25) is 9.36 Å². The van der Waals surface area contributed by atoms with Crippen LogP contribution in [0.1, 0.15) is 25.1 Å². The van der Waals surface area contributed by atoms with Crippen LogP contribution in [0.15, 0.2) is 23.3 Å². The summed E-state index contributed by atoms with van der Waals surface area (Å²) in [6.07, 6.45) is 4.20. The average Bonchev–Trinajstić information content (AvgIpc) is 3.31. The first kappa shape index (κ1) is 17.6. The van der Waals surface area contributed by atoms with Crippen molar-refractivity contribution in [3.8, 4) is 11.4 Å². The highest BCUT2D eigenvalue weighted by Crippen LogP contribution is 2.26. The van der Waals surface area contributed by atoms with E-state index >= 15 is 0 Å². The zero-order valence-corrected chi connectivity index (χ0v) is 15.4. The molecule has 9 heteroatoms. The van der Waals surface area contributed by atoms with Gasteiger partial charge in [0.2, 0.25) is 5.95 Å². The lowest BCUT2D eigenvalue weighted by atomic mass is 10.1. The molecule has 9 nitrogen and oxygen atoms in total. The second-order valence-corrected chi connectivity index (χ2v) is 6.50. The number of nitrogens with two attached hydrogens (primary N) is 1. The number of ether oxygens (including phenoxy) is 2. The maximum atomic E-state index is 13.4. The van der Waals surface area contributed by atoms with Crippen LogP contribution in [0.5, 0.6) is 0 Å². The third-order valence-corrected chi connectivity index (χ3v) is 4.76. The molecule has 0 aliphatic carbocycles. The monoisotopic (exact) mass is 370 g/mol. The van der Waals surface area contributed by atoms with Crippen LogP contribution in [0.2, 0.25) is 0 Å². The van der Waals surface area contributed by atoms with Gasteiger partial charge in [-0.25, -0.2) is 9.97 Å². The molecule has 0 spiro atoms. The number of aromatic nitrogens is 5. The minimum Gasteiger partial charge on any atom is -0.379 e. The smallest absolute Gasteiger partial charge is 0.263 e. The summed E-state index contributed by atoms with van der Waals surface area (Å²) < 4.78 is 14.5. The predicted octanol–water partition coefficient (Wildman–Crippen LogP) is 1.50. The molecule has 142 valence electrons. The minimum atomic E-state index is -0.167. The first-order valence-electron chi connectivity index (χ1n) is 8.96. The quantitative estimate of drug-likeness (QED) is 0.724. The second kappa shape index (κ2) is 7.09. The van der Waals surface area contributed by atoms with Crippen molar-refractivity contribution in [3.63, 3.8) is 0 Å². The number of nitrogen functional groups attached to an aromatic ring is 1. The molecule has 4 heterocycles. The van der Waals surface area contributed by atoms with Gasteiger partial charge in [-0.15, -0.1) is 0 Å². The summed E-state index contributed by atoms with van der Waals surface area (Å²) in [4.78, 5) is 26.4. The van der Waals surface area contributed by atoms with E-state index in [0.29, 0.717) is 49.3 Å². The van der Waals surface area contributed by atoms with Crippen LogP contribution in [0.3, 0.4) is 0 Å². The summed E-state index contributed by atoms with van der Waals surface area (Å²) in [7, 11) is 0. The van der Waals surface area contributed by atoms with E-state index in [9.17, 15) is 4.79 Å². The fourth-order valence-corrected chi connectivity index (χ4v) is 3.44. The number of nitrogens with zero attached hydrogens (tertiary/aromatic N) is 5. The molecular formula is C18H22N6O3. The summed E-state index contributed by atoms with van der Waals surface area (Å²) in [5.41, 5.74) is 7.42. The fourth-order valence-electron chi connectivity index (χ4n) is 3.44. The number of imidazole rings is 1. The molecule has 3 aromatic rings. The third kappa shape index (κ3) is 3.08. The van der Waals surface area contributed by atoms with Gasteiger partial charge in [0.1, 0.15) is 18.2 Å². The first-order chi connectivity index (χ1) is 13.1. The van der Waals surface area contributed by atoms with E-state index in [-0.39, 0.29) is 17.5 Å². The number of hydrogen-bond acceptors (Lipinski definition) is 7. The Morgan fingerprint density at radius 2 is 2.26 bits per heavy atom. The largest absolute Gasteiger partial charge is 0.379 e. The molecular weight excluding hydrogens is 348 g/mol. The third-order valence-electron chi connectivity index (χ3n) is 4.76. The Balaban J connectivity index is 1.98. The Bertz CT molecular complexity index is 1040. The molecule has 1 fully saturated rings. The van der Waals surface area contributed by atoms with Gasteiger partial charge < -0.3 is 19.8 Å². The molecule has 1 saturated heterocycles. The fraction of sp³-hybridized carbons (Fsp3) is 0.444. The molecule has 0 bridgehead atoms. The van der Waals surface area contributed by atoms with Crippen molar-refractivity contribution in [1.82, 2.24) is 24.1 Å². The number of hydrogen-bond donors (Lipinski definition) is 1. The normalized spacial score (nSPS) is 17.0. The molecule has 1 atom stereocenters. The highest BCUT2D eigenvalue weighted by Gasteiger charge is 2.25. The molecule has 0 saturated carbocycles. The van der Waals surface area contributed by atoms with Gasteiger partial charge in [-0.1, -0.05) is 0 Å². The van der Waals surface area contributed by atoms with E-state index in [1.807, 2.05) is 18.4 Å². The molecule has 0 aromatic carbocycles. The van der Waals surface area contributed by atoms with Crippen LogP contribution in [-0.2, 0) is 16.2 Å². The Morgan fingerprint density at radius 1 is 1.41 bits per heavy atom. The van der Waals surface area contributed by atoms with Crippen molar-refractivity contribution in [2.75, 3.05) is 25.6 Å². The Kier molecular flexibility index (Phi) is 4.63. The highest BCUT2D eigenvalue weighted by atomic mass is 16.5. The van der Waals surface area contributed by atoms with Gasteiger partial charge in [0, 0.05) is 31.0 Å². The van der Waals surface area contributed by atoms with E-state index in [1.54, 1.807) is 23.0 Å². The zero-order chi connectivity index (χ0) is 19.0. The van der Waals surface area contributed by atoms with Gasteiger partial charge in [0.05, 0.1) is 23.9 Å². The summed E-state index contributed by atoms with van der Waals surface area (Å²) in [6, 6.07) is 1.70. The number of pyridine rings is 1. The van der Waals surface area contributed by atoms with E-state index in [2.05, 4.69) is 15.0 Å². The summed E-state index contributed by atoms with van der Waals surface area (Å²) in [5, 5.41) is 0.775. The SMILES string of the molecule is CCOCn1ccnc1-c1cc2c(C)nc(N)nc2n([C@@H]2CCOC2)c1=O. The van der Waals surface area contributed by atoms with E-state index in [4.69, 9.17) is 15.2 Å². The molecule has 4 rings (SSSR count). The van der Waals surface area contributed by atoms with Crippen molar-refractivity contribution in [2.45, 2.75) is 33.0 Å². The van der Waals surface area contributed by atoms with Crippen molar-refractivity contribution in [2.24, 2.45) is 0 Å². The van der Waals surface area contributed by atoms with Gasteiger partial charge >= 0.3 is 0 Å². The van der Waals surface area contributed by atoms with Crippen LogP contribution >= 0.6 is 0 Å². The van der Waals surface area contributed by atoms with Crippen LogP contribution < -0.4 is 11.3 Å². The maximum absolute atomic E-state index is 13.4. The van der Waals surface area contributed by atoms with Crippen molar-refractivity contribution >= 4 is 17.0 Å². The molecule has 3 aromatic heterocycles. The molecule has 0 radical (unpaired) electrons. The summed E-state index contributed by atoms with van der Waals surface area (Å²) in [5.74, 6) is 0.705. The molecule has 0 unspecified atom stereocenters. The lowest BCUT2D eigenvalue weighted by molar-refractivity contribution is 0.0889. The van der Waals surface area contributed by atoms with Gasteiger partial charge in [-0.05, 0) is 26.3 Å². The number of fused-ring (bicyclic) bond motifs is 1. The first-order valence-corrected chi connectivity index (χ1v) is 8.96.